The molecule has 1 unspecified atom stereocenters. The molecule has 0 aliphatic carbocycles. The molecular weight excluding hydrogens is 497 g/mol. The van der Waals surface area contributed by atoms with Crippen LogP contribution in [0.25, 0.3) is 11.4 Å². The third-order valence-corrected chi connectivity index (χ3v) is 5.22. The van der Waals surface area contributed by atoms with Gasteiger partial charge in [-0.3, -0.25) is 4.90 Å². The van der Waals surface area contributed by atoms with Crippen molar-refractivity contribution in [2.75, 3.05) is 16.8 Å². The van der Waals surface area contributed by atoms with E-state index in [2.05, 4.69) is 30.2 Å². The number of hydrogen-bond acceptors (Lipinski definition) is 10. The van der Waals surface area contributed by atoms with Crippen LogP contribution in [-0.4, -0.2) is 56.4 Å². The van der Waals surface area contributed by atoms with Crippen LogP contribution in [0.5, 0.6) is 5.75 Å². The lowest BCUT2D eigenvalue weighted by atomic mass is 10.2. The quantitative estimate of drug-likeness (QED) is 0.476. The molecule has 1 aromatic carbocycles. The van der Waals surface area contributed by atoms with Crippen LogP contribution >= 0.6 is 11.6 Å². The Labute approximate surface area is 200 Å². The number of rotatable bonds is 7. The van der Waals surface area contributed by atoms with E-state index in [1.165, 1.54) is 29.3 Å². The lowest BCUT2D eigenvalue weighted by Gasteiger charge is -2.22. The molecular formula is C20H18ClF3N6O5. The summed E-state index contributed by atoms with van der Waals surface area (Å²) < 4.78 is 51.4. The maximum atomic E-state index is 12.4. The average molecular weight is 515 g/mol. The minimum absolute atomic E-state index is 0.0256. The molecule has 1 aliphatic rings. The van der Waals surface area contributed by atoms with E-state index in [4.69, 9.17) is 20.9 Å². The molecule has 1 amide bonds. The maximum Gasteiger partial charge on any atom is 0.573 e. The molecule has 1 fully saturated rings. The number of amides is 1. The van der Waals surface area contributed by atoms with E-state index in [1.807, 2.05) is 0 Å². The zero-order valence-electron chi connectivity index (χ0n) is 18.2. The van der Waals surface area contributed by atoms with Gasteiger partial charge in [-0.25, -0.2) is 9.78 Å². The third-order valence-electron chi connectivity index (χ3n) is 4.92. The lowest BCUT2D eigenvalue weighted by Crippen LogP contribution is -2.41. The monoisotopic (exact) mass is 514 g/mol. The fraction of sp³-hybridized carbons (Fsp3) is 0.350. The summed E-state index contributed by atoms with van der Waals surface area (Å²) in [6.45, 7) is 3.25. The number of ether oxygens (including phenoxy) is 2. The number of anilines is 2. The first-order valence-electron chi connectivity index (χ1n) is 10.1. The number of halogens is 4. The molecule has 1 saturated heterocycles. The Bertz CT molecular complexity index is 1220. The summed E-state index contributed by atoms with van der Waals surface area (Å²) in [7, 11) is 0. The Hall–Kier alpha value is -3.65. The number of nitrogens with zero attached hydrogens (tertiary/aromatic N) is 5. The number of carbonyl (C=O) groups is 1. The van der Waals surface area contributed by atoms with E-state index in [1.54, 1.807) is 13.8 Å². The summed E-state index contributed by atoms with van der Waals surface area (Å²) in [6.07, 6.45) is -4.93. The number of aromatic nitrogens is 4. The third kappa shape index (κ3) is 5.54. The highest BCUT2D eigenvalue weighted by Gasteiger charge is 2.38. The van der Waals surface area contributed by atoms with Gasteiger partial charge >= 0.3 is 12.5 Å². The van der Waals surface area contributed by atoms with E-state index in [9.17, 15) is 23.1 Å². The van der Waals surface area contributed by atoms with Gasteiger partial charge in [0.05, 0.1) is 11.1 Å². The molecule has 3 heterocycles. The van der Waals surface area contributed by atoms with Gasteiger partial charge in [-0.05, 0) is 38.1 Å². The molecule has 2 N–H and O–H groups in total. The Kier molecular flexibility index (Phi) is 6.67. The normalized spacial score (nSPS) is 17.7. The van der Waals surface area contributed by atoms with Crippen LogP contribution in [0.1, 0.15) is 25.8 Å². The lowest BCUT2D eigenvalue weighted by molar-refractivity contribution is -0.274. The van der Waals surface area contributed by atoms with E-state index < -0.39 is 36.4 Å². The number of benzene rings is 1. The first kappa shape index (κ1) is 24.5. The van der Waals surface area contributed by atoms with Gasteiger partial charge < -0.3 is 24.4 Å². The number of cyclic esters (lactones) is 1. The van der Waals surface area contributed by atoms with E-state index in [0.717, 1.165) is 6.07 Å². The number of nitrogens with one attached hydrogen (secondary N) is 1. The first-order valence-corrected chi connectivity index (χ1v) is 10.5. The van der Waals surface area contributed by atoms with Crippen molar-refractivity contribution in [3.63, 3.8) is 0 Å². The summed E-state index contributed by atoms with van der Waals surface area (Å²) in [4.78, 5) is 26.0. The second-order valence-electron chi connectivity index (χ2n) is 7.51. The van der Waals surface area contributed by atoms with Crippen LogP contribution in [-0.2, 0) is 4.74 Å². The highest BCUT2D eigenvalue weighted by Crippen LogP contribution is 2.33. The summed E-state index contributed by atoms with van der Waals surface area (Å²) in [5, 5.41) is 16.4. The number of hydrogen-bond donors (Lipinski definition) is 2. The van der Waals surface area contributed by atoms with Gasteiger partial charge in [0.25, 0.3) is 0 Å². The van der Waals surface area contributed by atoms with Crippen molar-refractivity contribution in [2.45, 2.75) is 38.4 Å². The van der Waals surface area contributed by atoms with Crippen molar-refractivity contribution in [2.24, 2.45) is 0 Å². The molecule has 35 heavy (non-hydrogen) atoms. The molecule has 0 bridgehead atoms. The molecule has 15 heteroatoms. The summed E-state index contributed by atoms with van der Waals surface area (Å²) in [5.74, 6) is 0.0191. The molecule has 186 valence electrons. The van der Waals surface area contributed by atoms with Gasteiger partial charge in [0.15, 0.2) is 0 Å². The van der Waals surface area contributed by atoms with Crippen molar-refractivity contribution in [1.29, 1.82) is 0 Å². The van der Waals surface area contributed by atoms with Crippen LogP contribution < -0.4 is 15.0 Å². The largest absolute Gasteiger partial charge is 0.573 e. The van der Waals surface area contributed by atoms with Crippen molar-refractivity contribution in [3.05, 3.63) is 41.4 Å². The first-order chi connectivity index (χ1) is 16.5. The second kappa shape index (κ2) is 9.54. The fourth-order valence-electron chi connectivity index (χ4n) is 3.24. The number of alkyl halides is 3. The van der Waals surface area contributed by atoms with E-state index in [0.29, 0.717) is 5.56 Å². The predicted molar refractivity (Wildman–Crippen MR) is 115 cm³/mol. The van der Waals surface area contributed by atoms with Crippen LogP contribution in [0.4, 0.5) is 29.7 Å². The maximum absolute atomic E-state index is 12.4. The average Bonchev–Trinajstić information content (AvgIpc) is 3.42. The number of carbonyl (C=O) groups excluding carboxylic acids is 1. The van der Waals surface area contributed by atoms with Gasteiger partial charge in [-0.1, -0.05) is 16.8 Å². The Balaban J connectivity index is 1.48. The van der Waals surface area contributed by atoms with Crippen LogP contribution in [0.2, 0.25) is 5.02 Å². The van der Waals surface area contributed by atoms with Crippen LogP contribution in [0.15, 0.2) is 35.0 Å². The predicted octanol–water partition coefficient (Wildman–Crippen LogP) is 3.96. The van der Waals surface area contributed by atoms with Gasteiger partial charge in [0.2, 0.25) is 17.7 Å². The zero-order valence-corrected chi connectivity index (χ0v) is 18.9. The molecule has 3 aromatic rings. The molecule has 4 rings (SSSR count). The highest BCUT2D eigenvalue weighted by molar-refractivity contribution is 6.32. The molecule has 1 aliphatic heterocycles. The minimum Gasteiger partial charge on any atom is -0.447 e. The molecule has 2 aromatic heterocycles. The SMILES string of the molecule is C[C@H](Nc1nccc(N2C(=O)OCC2[C@@H](C)O)n1)c1nc(-c2ccc(OC(F)(F)F)c(Cl)c2)no1. The van der Waals surface area contributed by atoms with Crippen molar-refractivity contribution >= 4 is 29.5 Å². The van der Waals surface area contributed by atoms with E-state index in [-0.39, 0.29) is 35.1 Å². The highest BCUT2D eigenvalue weighted by atomic mass is 35.5. The van der Waals surface area contributed by atoms with Crippen molar-refractivity contribution in [1.82, 2.24) is 20.1 Å². The van der Waals surface area contributed by atoms with Gasteiger partial charge in [-0.2, -0.15) is 9.97 Å². The fourth-order valence-corrected chi connectivity index (χ4v) is 3.46. The second-order valence-corrected chi connectivity index (χ2v) is 7.92. The molecule has 0 spiro atoms. The zero-order chi connectivity index (χ0) is 25.3. The van der Waals surface area contributed by atoms with Crippen molar-refractivity contribution in [3.8, 4) is 17.1 Å². The Morgan fingerprint density at radius 3 is 2.74 bits per heavy atom. The number of aliphatic hydroxyl groups is 1. The number of aliphatic hydroxyl groups excluding tert-OH is 1. The van der Waals surface area contributed by atoms with E-state index >= 15 is 0 Å². The molecule has 0 saturated carbocycles. The van der Waals surface area contributed by atoms with Gasteiger partial charge in [-0.15, -0.1) is 13.2 Å². The van der Waals surface area contributed by atoms with Crippen molar-refractivity contribution < 1.29 is 37.1 Å². The summed E-state index contributed by atoms with van der Waals surface area (Å²) >= 11 is 5.88. The smallest absolute Gasteiger partial charge is 0.447 e. The molecule has 0 radical (unpaired) electrons. The van der Waals surface area contributed by atoms with Crippen LogP contribution in [0, 0.1) is 0 Å². The minimum atomic E-state index is -4.88. The van der Waals surface area contributed by atoms with Gasteiger partial charge in [0, 0.05) is 11.8 Å². The van der Waals surface area contributed by atoms with Gasteiger partial charge in [0.1, 0.15) is 30.3 Å². The molecule has 11 nitrogen and oxygen atoms in total. The van der Waals surface area contributed by atoms with Crippen LogP contribution in [0.3, 0.4) is 0 Å². The Morgan fingerprint density at radius 2 is 2.06 bits per heavy atom. The summed E-state index contributed by atoms with van der Waals surface area (Å²) in [6, 6.07) is 3.88. The topological polar surface area (TPSA) is 136 Å². The standard InChI is InChI=1S/C20H18ClF3N6O5/c1-9(26-18-25-6-5-15(27-18)30-13(10(2)31)8-33-19(30)32)17-28-16(29-35-17)11-3-4-14(12(21)7-11)34-20(22,23)24/h3-7,9-10,13,31H,8H2,1-2H3,(H,25,26,27)/t9-,10+,13?/m0/s1. The summed E-state index contributed by atoms with van der Waals surface area (Å²) in [5.41, 5.74) is 0.307. The Morgan fingerprint density at radius 1 is 1.29 bits per heavy atom. The molecule has 3 atom stereocenters.